The summed E-state index contributed by atoms with van der Waals surface area (Å²) in [6.45, 7) is 0.447. The van der Waals surface area contributed by atoms with E-state index < -0.39 is 24.0 Å². The number of carbonyl (C=O) groups excluding carboxylic acids is 3. The molecule has 1 heterocycles. The van der Waals surface area contributed by atoms with Crippen molar-refractivity contribution >= 4 is 17.7 Å². The van der Waals surface area contributed by atoms with Crippen LogP contribution in [0.15, 0.2) is 78.9 Å². The van der Waals surface area contributed by atoms with Gasteiger partial charge in [0.05, 0.1) is 43.2 Å². The third-order valence-corrected chi connectivity index (χ3v) is 7.12. The van der Waals surface area contributed by atoms with E-state index in [4.69, 9.17) is 15.7 Å². The first-order valence-corrected chi connectivity index (χ1v) is 12.7. The highest BCUT2D eigenvalue weighted by Crippen LogP contribution is 2.31. The van der Waals surface area contributed by atoms with Crippen molar-refractivity contribution in [2.75, 3.05) is 13.7 Å². The Bertz CT molecular complexity index is 1330. The largest absolute Gasteiger partial charge is 0.469 e. The number of hydrogen-bond donors (Lipinski definition) is 1. The number of likely N-dealkylation sites (tertiary alicyclic amines) is 1. The second-order valence-electron chi connectivity index (χ2n) is 9.56. The van der Waals surface area contributed by atoms with Crippen molar-refractivity contribution in [3.05, 3.63) is 95.6 Å². The van der Waals surface area contributed by atoms with E-state index in [9.17, 15) is 14.4 Å². The third kappa shape index (κ3) is 6.16. The van der Waals surface area contributed by atoms with Crippen LogP contribution in [0.1, 0.15) is 40.7 Å². The van der Waals surface area contributed by atoms with Gasteiger partial charge in [-0.05, 0) is 54.2 Å². The van der Waals surface area contributed by atoms with Crippen LogP contribution < -0.4 is 5.73 Å². The second-order valence-corrected chi connectivity index (χ2v) is 9.56. The number of nitriles is 1. The van der Waals surface area contributed by atoms with E-state index in [1.165, 1.54) is 12.7 Å². The van der Waals surface area contributed by atoms with E-state index in [0.717, 1.165) is 17.5 Å². The minimum atomic E-state index is -0.936. The standard InChI is InChI=1S/C31H31N3O4/c1-38-28(35)19-26-18-27(34(31(26)37)16-6-9-21-7-3-2-4-8-21)29(33)30(36)25-11-5-10-24(17-25)23-14-12-22(20-32)13-15-23/h2-5,7-8,10-15,17,26-27,29H,6,9,16,18-19,33H2,1H3/t26-,27-,29?/m0/s1. The van der Waals surface area contributed by atoms with Gasteiger partial charge in [-0.25, -0.2) is 0 Å². The first kappa shape index (κ1) is 26.8. The number of nitrogens with zero attached hydrogens (tertiary/aromatic N) is 2. The number of carbonyl (C=O) groups is 3. The van der Waals surface area contributed by atoms with Gasteiger partial charge in [0.2, 0.25) is 5.91 Å². The molecule has 194 valence electrons. The summed E-state index contributed by atoms with van der Waals surface area (Å²) in [5.74, 6) is -1.44. The first-order valence-electron chi connectivity index (χ1n) is 12.7. The molecule has 7 nitrogen and oxygen atoms in total. The molecular weight excluding hydrogens is 478 g/mol. The van der Waals surface area contributed by atoms with Crippen molar-refractivity contribution in [1.29, 1.82) is 5.26 Å². The molecule has 7 heteroatoms. The predicted octanol–water partition coefficient (Wildman–Crippen LogP) is 4.15. The van der Waals surface area contributed by atoms with E-state index >= 15 is 0 Å². The fourth-order valence-electron chi connectivity index (χ4n) is 5.04. The van der Waals surface area contributed by atoms with Gasteiger partial charge in [0.25, 0.3) is 0 Å². The number of ketones is 1. The van der Waals surface area contributed by atoms with Gasteiger partial charge in [0, 0.05) is 12.1 Å². The number of amides is 1. The maximum atomic E-state index is 13.6. The number of nitrogens with two attached hydrogens (primary N) is 1. The van der Waals surface area contributed by atoms with Gasteiger partial charge < -0.3 is 15.4 Å². The molecule has 3 aromatic carbocycles. The fraction of sp³-hybridized carbons (Fsp3) is 0.290. The number of benzene rings is 3. The van der Waals surface area contributed by atoms with Gasteiger partial charge >= 0.3 is 5.97 Å². The number of esters is 1. The molecule has 1 aliphatic heterocycles. The molecule has 2 N–H and O–H groups in total. The van der Waals surface area contributed by atoms with Crippen molar-refractivity contribution in [3.8, 4) is 17.2 Å². The van der Waals surface area contributed by atoms with Crippen molar-refractivity contribution in [1.82, 2.24) is 4.90 Å². The summed E-state index contributed by atoms with van der Waals surface area (Å²) < 4.78 is 4.79. The van der Waals surface area contributed by atoms with E-state index in [1.54, 1.807) is 35.2 Å². The van der Waals surface area contributed by atoms with Gasteiger partial charge in [-0.3, -0.25) is 14.4 Å². The molecule has 1 fully saturated rings. The maximum Gasteiger partial charge on any atom is 0.306 e. The smallest absolute Gasteiger partial charge is 0.306 e. The average Bonchev–Trinajstić information content (AvgIpc) is 3.27. The van der Waals surface area contributed by atoms with E-state index in [2.05, 4.69) is 6.07 Å². The highest BCUT2D eigenvalue weighted by atomic mass is 16.5. The molecule has 0 saturated carbocycles. The average molecular weight is 510 g/mol. The lowest BCUT2D eigenvalue weighted by molar-refractivity contribution is -0.144. The molecule has 1 saturated heterocycles. The number of ether oxygens (including phenoxy) is 1. The molecule has 0 aliphatic carbocycles. The predicted molar refractivity (Wildman–Crippen MR) is 144 cm³/mol. The summed E-state index contributed by atoms with van der Waals surface area (Å²) in [7, 11) is 1.30. The topological polar surface area (TPSA) is 113 Å². The van der Waals surface area contributed by atoms with E-state index in [-0.39, 0.29) is 18.1 Å². The molecule has 1 aliphatic rings. The Hall–Kier alpha value is -4.28. The molecule has 3 atom stereocenters. The first-order chi connectivity index (χ1) is 18.4. The Morgan fingerprint density at radius 2 is 1.79 bits per heavy atom. The van der Waals surface area contributed by atoms with E-state index in [1.807, 2.05) is 48.5 Å². The third-order valence-electron chi connectivity index (χ3n) is 7.12. The van der Waals surface area contributed by atoms with Crippen LogP contribution in [0, 0.1) is 17.2 Å². The molecule has 1 amide bonds. The number of hydrogen-bond acceptors (Lipinski definition) is 6. The normalized spacial score (nSPS) is 17.6. The zero-order valence-corrected chi connectivity index (χ0v) is 21.4. The highest BCUT2D eigenvalue weighted by Gasteiger charge is 2.44. The minimum absolute atomic E-state index is 0.0316. The van der Waals surface area contributed by atoms with Crippen molar-refractivity contribution in [2.24, 2.45) is 11.7 Å². The van der Waals surface area contributed by atoms with Gasteiger partial charge in [-0.2, -0.15) is 5.26 Å². The molecule has 1 unspecified atom stereocenters. The van der Waals surface area contributed by atoms with Gasteiger partial charge in [-0.15, -0.1) is 0 Å². The monoisotopic (exact) mass is 509 g/mol. The fourth-order valence-corrected chi connectivity index (χ4v) is 5.04. The lowest BCUT2D eigenvalue weighted by Gasteiger charge is -2.29. The SMILES string of the molecule is COC(=O)C[C@@H]1C[C@@H](C(N)C(=O)c2cccc(-c3ccc(C#N)cc3)c2)N(CCCc2ccccc2)C1=O. The molecule has 0 bridgehead atoms. The zero-order valence-electron chi connectivity index (χ0n) is 21.4. The Morgan fingerprint density at radius 3 is 2.47 bits per heavy atom. The molecule has 4 rings (SSSR count). The van der Waals surface area contributed by atoms with Crippen LogP contribution in [-0.4, -0.2) is 48.3 Å². The van der Waals surface area contributed by atoms with Crippen LogP contribution in [0.4, 0.5) is 0 Å². The quantitative estimate of drug-likeness (QED) is 0.324. The van der Waals surface area contributed by atoms with Crippen molar-refractivity contribution in [2.45, 2.75) is 37.8 Å². The molecule has 0 spiro atoms. The van der Waals surface area contributed by atoms with Crippen molar-refractivity contribution < 1.29 is 19.1 Å². The number of methoxy groups -OCH3 is 1. The lowest BCUT2D eigenvalue weighted by atomic mass is 9.92. The summed E-state index contributed by atoms with van der Waals surface area (Å²) in [4.78, 5) is 40.5. The maximum absolute atomic E-state index is 13.6. The summed E-state index contributed by atoms with van der Waals surface area (Å²) in [5, 5.41) is 9.05. The minimum Gasteiger partial charge on any atom is -0.469 e. The molecule has 38 heavy (non-hydrogen) atoms. The highest BCUT2D eigenvalue weighted by molar-refractivity contribution is 6.02. The number of rotatable bonds is 10. The van der Waals surface area contributed by atoms with Gasteiger partial charge in [0.15, 0.2) is 5.78 Å². The molecule has 0 radical (unpaired) electrons. The van der Waals surface area contributed by atoms with Crippen LogP contribution in [0.3, 0.4) is 0 Å². The molecule has 3 aromatic rings. The van der Waals surface area contributed by atoms with Crippen LogP contribution in [0.5, 0.6) is 0 Å². The lowest BCUT2D eigenvalue weighted by Crippen LogP contribution is -2.50. The van der Waals surface area contributed by atoms with Crippen molar-refractivity contribution in [3.63, 3.8) is 0 Å². The van der Waals surface area contributed by atoms with Crippen LogP contribution in [0.25, 0.3) is 11.1 Å². The Kier molecular flexibility index (Phi) is 8.67. The Balaban J connectivity index is 1.52. The summed E-state index contributed by atoms with van der Waals surface area (Å²) in [6.07, 6.45) is 1.79. The second kappa shape index (κ2) is 12.3. The molecular formula is C31H31N3O4. The number of aryl methyl sites for hydroxylation is 1. The Labute approximate surface area is 222 Å². The van der Waals surface area contributed by atoms with Crippen LogP contribution in [0.2, 0.25) is 0 Å². The van der Waals surface area contributed by atoms with E-state index in [0.29, 0.717) is 30.5 Å². The van der Waals surface area contributed by atoms with Gasteiger partial charge in [0.1, 0.15) is 0 Å². The summed E-state index contributed by atoms with van der Waals surface area (Å²) in [6, 6.07) is 25.0. The zero-order chi connectivity index (χ0) is 27.1. The summed E-state index contributed by atoms with van der Waals surface area (Å²) in [5.41, 5.74) is 10.4. The number of Topliss-reactive ketones (excluding diaryl/α,β-unsaturated/α-hetero) is 1. The van der Waals surface area contributed by atoms with Crippen LogP contribution in [-0.2, 0) is 20.7 Å². The van der Waals surface area contributed by atoms with Gasteiger partial charge in [-0.1, -0.05) is 60.7 Å². The molecule has 0 aromatic heterocycles. The summed E-state index contributed by atoms with van der Waals surface area (Å²) >= 11 is 0. The Morgan fingerprint density at radius 1 is 1.05 bits per heavy atom. The van der Waals surface area contributed by atoms with Crippen LogP contribution >= 0.6 is 0 Å².